The molecule has 0 spiro atoms. The molecule has 1 amide bonds. The third kappa shape index (κ3) is 1.81. The smallest absolute Gasteiger partial charge is 0.316 e. The predicted octanol–water partition coefficient (Wildman–Crippen LogP) is 1.59. The van der Waals surface area contributed by atoms with Crippen molar-refractivity contribution in [3.8, 4) is 0 Å². The SMILES string of the molecule is CCOC1(OCC)C(=O)Nc2ccccc2C1=O. The van der Waals surface area contributed by atoms with Crippen LogP contribution >= 0.6 is 0 Å². The summed E-state index contributed by atoms with van der Waals surface area (Å²) in [6, 6.07) is 6.80. The molecule has 96 valence electrons. The molecule has 1 aliphatic heterocycles. The molecule has 0 unspecified atom stereocenters. The minimum absolute atomic E-state index is 0.210. The molecule has 0 bridgehead atoms. The Morgan fingerprint density at radius 3 is 2.33 bits per heavy atom. The molecule has 0 aliphatic carbocycles. The molecule has 1 N–H and O–H groups in total. The lowest BCUT2D eigenvalue weighted by Gasteiger charge is -2.34. The van der Waals surface area contributed by atoms with Gasteiger partial charge in [-0.3, -0.25) is 9.59 Å². The molecule has 0 saturated carbocycles. The molecule has 0 aromatic heterocycles. The molecule has 0 fully saturated rings. The lowest BCUT2D eigenvalue weighted by atomic mass is 9.96. The van der Waals surface area contributed by atoms with Gasteiger partial charge in [0.15, 0.2) is 0 Å². The number of ketones is 1. The summed E-state index contributed by atoms with van der Waals surface area (Å²) in [5, 5.41) is 2.64. The molecule has 0 saturated heterocycles. The maximum absolute atomic E-state index is 12.4. The minimum atomic E-state index is -1.85. The number of amides is 1. The van der Waals surface area contributed by atoms with Crippen molar-refractivity contribution < 1.29 is 19.1 Å². The first-order valence-electron chi connectivity index (χ1n) is 5.89. The van der Waals surface area contributed by atoms with Crippen molar-refractivity contribution in [2.45, 2.75) is 19.6 Å². The van der Waals surface area contributed by atoms with Crippen LogP contribution in [0.25, 0.3) is 0 Å². The maximum Gasteiger partial charge on any atom is 0.316 e. The van der Waals surface area contributed by atoms with Crippen LogP contribution in [0.4, 0.5) is 5.69 Å². The molecule has 18 heavy (non-hydrogen) atoms. The molecule has 2 rings (SSSR count). The standard InChI is InChI=1S/C13H15NO4/c1-3-17-13(18-4-2)11(15)9-7-5-6-8-10(9)14-12(13)16/h5-8H,3-4H2,1-2H3,(H,14,16). The minimum Gasteiger partial charge on any atom is -0.336 e. The van der Waals surface area contributed by atoms with Crippen molar-refractivity contribution in [2.75, 3.05) is 18.5 Å². The Bertz CT molecular complexity index is 478. The second-order valence-corrected chi connectivity index (χ2v) is 3.81. The molecule has 0 atom stereocenters. The van der Waals surface area contributed by atoms with Gasteiger partial charge in [-0.15, -0.1) is 0 Å². The van der Waals surface area contributed by atoms with Crippen LogP contribution in [0.15, 0.2) is 24.3 Å². The molecule has 1 aromatic carbocycles. The number of ether oxygens (including phenoxy) is 2. The second-order valence-electron chi connectivity index (χ2n) is 3.81. The van der Waals surface area contributed by atoms with Gasteiger partial charge in [0.2, 0.25) is 5.78 Å². The van der Waals surface area contributed by atoms with E-state index in [0.29, 0.717) is 11.3 Å². The third-order valence-electron chi connectivity index (χ3n) is 2.71. The number of fused-ring (bicyclic) bond motifs is 1. The number of para-hydroxylation sites is 1. The van der Waals surface area contributed by atoms with Gasteiger partial charge in [0.05, 0.1) is 5.69 Å². The van der Waals surface area contributed by atoms with E-state index < -0.39 is 17.5 Å². The van der Waals surface area contributed by atoms with E-state index in [1.165, 1.54) is 0 Å². The van der Waals surface area contributed by atoms with Crippen molar-refractivity contribution in [2.24, 2.45) is 0 Å². The molecule has 0 radical (unpaired) electrons. The van der Waals surface area contributed by atoms with Crippen molar-refractivity contribution in [1.82, 2.24) is 0 Å². The van der Waals surface area contributed by atoms with Gasteiger partial charge in [0.1, 0.15) is 0 Å². The molecule has 1 aliphatic rings. The zero-order valence-electron chi connectivity index (χ0n) is 10.4. The molecule has 1 aromatic rings. The third-order valence-corrected chi connectivity index (χ3v) is 2.71. The summed E-state index contributed by atoms with van der Waals surface area (Å²) in [6.45, 7) is 3.84. The molecule has 5 heteroatoms. The summed E-state index contributed by atoms with van der Waals surface area (Å²) < 4.78 is 10.6. The highest BCUT2D eigenvalue weighted by molar-refractivity contribution is 6.25. The number of carbonyl (C=O) groups excluding carboxylic acids is 2. The van der Waals surface area contributed by atoms with E-state index in [9.17, 15) is 9.59 Å². The fourth-order valence-corrected chi connectivity index (χ4v) is 1.99. The Hall–Kier alpha value is -1.72. The topological polar surface area (TPSA) is 64.6 Å². The maximum atomic E-state index is 12.4. The normalized spacial score (nSPS) is 17.2. The Morgan fingerprint density at radius 2 is 1.72 bits per heavy atom. The Balaban J connectivity index is 2.49. The van der Waals surface area contributed by atoms with Gasteiger partial charge < -0.3 is 14.8 Å². The number of hydrogen-bond donors (Lipinski definition) is 1. The summed E-state index contributed by atoms with van der Waals surface area (Å²) in [6.07, 6.45) is 0. The first-order chi connectivity index (χ1) is 8.65. The van der Waals surface area contributed by atoms with Gasteiger partial charge in [-0.2, -0.15) is 0 Å². The number of carbonyl (C=O) groups is 2. The zero-order valence-corrected chi connectivity index (χ0v) is 10.4. The largest absolute Gasteiger partial charge is 0.336 e. The lowest BCUT2D eigenvalue weighted by molar-refractivity contribution is -0.198. The van der Waals surface area contributed by atoms with Crippen molar-refractivity contribution in [3.05, 3.63) is 29.8 Å². The average Bonchev–Trinajstić information content (AvgIpc) is 2.37. The Kier molecular flexibility index (Phi) is 3.45. The first-order valence-corrected chi connectivity index (χ1v) is 5.89. The van der Waals surface area contributed by atoms with Gasteiger partial charge in [-0.25, -0.2) is 0 Å². The monoisotopic (exact) mass is 249 g/mol. The number of nitrogens with one attached hydrogen (secondary N) is 1. The van der Waals surface area contributed by atoms with Crippen LogP contribution in [-0.2, 0) is 14.3 Å². The van der Waals surface area contributed by atoms with Crippen LogP contribution in [-0.4, -0.2) is 30.7 Å². The van der Waals surface area contributed by atoms with Crippen LogP contribution in [0.1, 0.15) is 24.2 Å². The number of Topliss-reactive ketones (excluding diaryl/α,β-unsaturated/α-hetero) is 1. The fraction of sp³-hybridized carbons (Fsp3) is 0.385. The van der Waals surface area contributed by atoms with Crippen LogP contribution in [0.3, 0.4) is 0 Å². The van der Waals surface area contributed by atoms with E-state index in [2.05, 4.69) is 5.32 Å². The Labute approximate surface area is 105 Å². The predicted molar refractivity (Wildman–Crippen MR) is 65.4 cm³/mol. The first kappa shape index (κ1) is 12.7. The number of anilines is 1. The molecule has 1 heterocycles. The van der Waals surface area contributed by atoms with Crippen LogP contribution in [0.2, 0.25) is 0 Å². The Morgan fingerprint density at radius 1 is 1.11 bits per heavy atom. The van der Waals surface area contributed by atoms with Crippen LogP contribution < -0.4 is 5.32 Å². The van der Waals surface area contributed by atoms with Crippen LogP contribution in [0.5, 0.6) is 0 Å². The van der Waals surface area contributed by atoms with E-state index in [1.54, 1.807) is 38.1 Å². The summed E-state index contributed by atoms with van der Waals surface area (Å²) >= 11 is 0. The number of rotatable bonds is 4. The van der Waals surface area contributed by atoms with Gasteiger partial charge in [-0.05, 0) is 26.0 Å². The van der Waals surface area contributed by atoms with Crippen LogP contribution in [0, 0.1) is 0 Å². The van der Waals surface area contributed by atoms with Crippen molar-refractivity contribution in [1.29, 1.82) is 0 Å². The highest BCUT2D eigenvalue weighted by Gasteiger charge is 2.52. The number of benzene rings is 1. The van der Waals surface area contributed by atoms with E-state index in [-0.39, 0.29) is 13.2 Å². The molecular formula is C13H15NO4. The highest BCUT2D eigenvalue weighted by Crippen LogP contribution is 2.31. The van der Waals surface area contributed by atoms with Crippen molar-refractivity contribution in [3.63, 3.8) is 0 Å². The second kappa shape index (κ2) is 4.88. The summed E-state index contributed by atoms with van der Waals surface area (Å²) in [5.41, 5.74) is 0.890. The van der Waals surface area contributed by atoms with E-state index in [4.69, 9.17) is 9.47 Å². The zero-order chi connectivity index (χ0) is 13.2. The quantitative estimate of drug-likeness (QED) is 0.650. The summed E-state index contributed by atoms with van der Waals surface area (Å²) in [4.78, 5) is 24.5. The fourth-order valence-electron chi connectivity index (χ4n) is 1.99. The van der Waals surface area contributed by atoms with E-state index in [1.807, 2.05) is 0 Å². The van der Waals surface area contributed by atoms with E-state index >= 15 is 0 Å². The van der Waals surface area contributed by atoms with Gasteiger partial charge in [-0.1, -0.05) is 12.1 Å². The van der Waals surface area contributed by atoms with Gasteiger partial charge in [0, 0.05) is 18.8 Å². The summed E-state index contributed by atoms with van der Waals surface area (Å²) in [7, 11) is 0. The molecular weight excluding hydrogens is 234 g/mol. The van der Waals surface area contributed by atoms with Gasteiger partial charge in [0.25, 0.3) is 5.91 Å². The van der Waals surface area contributed by atoms with Gasteiger partial charge >= 0.3 is 5.79 Å². The highest BCUT2D eigenvalue weighted by atomic mass is 16.7. The summed E-state index contributed by atoms with van der Waals surface area (Å²) in [5.74, 6) is -2.88. The lowest BCUT2D eigenvalue weighted by Crippen LogP contribution is -2.57. The van der Waals surface area contributed by atoms with Crippen molar-refractivity contribution >= 4 is 17.4 Å². The number of hydrogen-bond acceptors (Lipinski definition) is 4. The van der Waals surface area contributed by atoms with E-state index in [0.717, 1.165) is 0 Å². The average molecular weight is 249 g/mol. The molecule has 5 nitrogen and oxygen atoms in total.